The number of ether oxygens (including phenoxy) is 2. The lowest BCUT2D eigenvalue weighted by Gasteiger charge is -2.36. The van der Waals surface area contributed by atoms with Gasteiger partial charge < -0.3 is 30.1 Å². The van der Waals surface area contributed by atoms with Crippen molar-refractivity contribution < 1.29 is 24.2 Å². The molecule has 0 radical (unpaired) electrons. The number of carbonyl (C=O) groups is 2. The Labute approximate surface area is 266 Å². The molecule has 2 fully saturated rings. The third-order valence-corrected chi connectivity index (χ3v) is 9.19. The number of aliphatic hydroxyl groups excluding tert-OH is 1. The lowest BCUT2D eigenvalue weighted by Crippen LogP contribution is -2.47. The first-order valence-electron chi connectivity index (χ1n) is 14.4. The highest BCUT2D eigenvalue weighted by atomic mass is 35.5. The van der Waals surface area contributed by atoms with Crippen LogP contribution in [0.3, 0.4) is 0 Å². The molecule has 0 aliphatic carbocycles. The van der Waals surface area contributed by atoms with Gasteiger partial charge >= 0.3 is 6.03 Å². The van der Waals surface area contributed by atoms with E-state index in [1.807, 2.05) is 4.90 Å². The smallest absolute Gasteiger partial charge is 0.330 e. The number of amides is 3. The SMILES string of the molecule is C=CC(=O)NC1CN(C(O)C2CCCN(C)C2)CC1Nc1ncc2c(n1)N(C)C(=O)N(c1c(Cl)c(OC)cc(OC)c1Cl)C2. The van der Waals surface area contributed by atoms with Crippen LogP contribution < -0.4 is 29.9 Å². The second kappa shape index (κ2) is 13.3. The molecule has 0 saturated carbocycles. The first-order chi connectivity index (χ1) is 21.1. The fourth-order valence-electron chi connectivity index (χ4n) is 6.16. The summed E-state index contributed by atoms with van der Waals surface area (Å²) in [5.74, 6) is 1.12. The minimum atomic E-state index is -0.652. The Bertz CT molecular complexity index is 1400. The lowest BCUT2D eigenvalue weighted by molar-refractivity contribution is -0.117. The van der Waals surface area contributed by atoms with E-state index in [1.54, 1.807) is 19.3 Å². The number of rotatable bonds is 9. The number of urea groups is 1. The van der Waals surface area contributed by atoms with E-state index in [4.69, 9.17) is 32.7 Å². The van der Waals surface area contributed by atoms with Crippen molar-refractivity contribution in [2.75, 3.05) is 69.6 Å². The molecule has 44 heavy (non-hydrogen) atoms. The predicted octanol–water partition coefficient (Wildman–Crippen LogP) is 2.80. The molecule has 3 amide bonds. The zero-order chi connectivity index (χ0) is 31.7. The van der Waals surface area contributed by atoms with E-state index < -0.39 is 12.3 Å². The molecule has 4 atom stereocenters. The maximum absolute atomic E-state index is 13.6. The Morgan fingerprint density at radius 3 is 2.48 bits per heavy atom. The number of carbonyl (C=O) groups excluding carboxylic acids is 2. The molecule has 4 unspecified atom stereocenters. The molecule has 0 spiro atoms. The molecule has 3 N–H and O–H groups in total. The first kappa shape index (κ1) is 32.0. The van der Waals surface area contributed by atoms with Crippen LogP contribution in [0.25, 0.3) is 0 Å². The number of aromatic nitrogens is 2. The summed E-state index contributed by atoms with van der Waals surface area (Å²) in [5.41, 5.74) is 0.914. The zero-order valence-electron chi connectivity index (χ0n) is 25.2. The number of methoxy groups -OCH3 is 2. The molecule has 2 aromatic rings. The Morgan fingerprint density at radius 2 is 1.84 bits per heavy atom. The van der Waals surface area contributed by atoms with Crippen LogP contribution in [-0.4, -0.2) is 110 Å². The molecule has 13 nitrogen and oxygen atoms in total. The summed E-state index contributed by atoms with van der Waals surface area (Å²) in [5, 5.41) is 17.9. The highest BCUT2D eigenvalue weighted by Gasteiger charge is 2.40. The summed E-state index contributed by atoms with van der Waals surface area (Å²) in [6, 6.07) is 0.502. The van der Waals surface area contributed by atoms with Crippen molar-refractivity contribution >= 4 is 52.6 Å². The Morgan fingerprint density at radius 1 is 1.16 bits per heavy atom. The van der Waals surface area contributed by atoms with E-state index in [-0.39, 0.29) is 52.1 Å². The monoisotopic (exact) mass is 648 g/mol. The maximum atomic E-state index is 13.6. The van der Waals surface area contributed by atoms with E-state index in [0.29, 0.717) is 36.0 Å². The van der Waals surface area contributed by atoms with Gasteiger partial charge in [-0.15, -0.1) is 0 Å². The molecule has 1 aromatic carbocycles. The van der Waals surface area contributed by atoms with Crippen molar-refractivity contribution in [3.63, 3.8) is 0 Å². The van der Waals surface area contributed by atoms with Gasteiger partial charge in [-0.05, 0) is 32.5 Å². The standard InChI is InChI=1S/C29H38Cl2N8O5/c1-6-22(40)33-18-14-38(27(41)16-8-7-9-36(2)12-16)15-19(18)34-28-32-11-17-13-39(29(42)37(3)26(17)35-28)25-23(30)20(43-4)10-21(44-5)24(25)31/h6,10-11,16,18-19,27,41H,1,7-9,12-15H2,2-5H3,(H,33,40)(H,32,34,35). The summed E-state index contributed by atoms with van der Waals surface area (Å²) < 4.78 is 10.8. The van der Waals surface area contributed by atoms with Gasteiger partial charge in [-0.2, -0.15) is 4.98 Å². The van der Waals surface area contributed by atoms with Crippen LogP contribution in [0.2, 0.25) is 10.0 Å². The van der Waals surface area contributed by atoms with Crippen LogP contribution >= 0.6 is 23.2 Å². The van der Waals surface area contributed by atoms with E-state index in [0.717, 1.165) is 25.9 Å². The van der Waals surface area contributed by atoms with Gasteiger partial charge in [0, 0.05) is 50.4 Å². The van der Waals surface area contributed by atoms with Crippen molar-refractivity contribution in [3.8, 4) is 11.5 Å². The molecule has 5 rings (SSSR count). The number of anilines is 3. The van der Waals surface area contributed by atoms with Crippen molar-refractivity contribution in [2.24, 2.45) is 5.92 Å². The van der Waals surface area contributed by atoms with E-state index in [9.17, 15) is 14.7 Å². The highest BCUT2D eigenvalue weighted by Crippen LogP contribution is 2.47. The molecule has 2 saturated heterocycles. The number of aliphatic hydroxyl groups is 1. The van der Waals surface area contributed by atoms with Gasteiger partial charge in [0.1, 0.15) is 33.6 Å². The largest absolute Gasteiger partial charge is 0.495 e. The van der Waals surface area contributed by atoms with E-state index >= 15 is 0 Å². The average Bonchev–Trinajstić information content (AvgIpc) is 3.41. The van der Waals surface area contributed by atoms with Crippen molar-refractivity contribution in [2.45, 2.75) is 37.7 Å². The first-order valence-corrected chi connectivity index (χ1v) is 15.1. The number of nitrogens with zero attached hydrogens (tertiary/aromatic N) is 6. The summed E-state index contributed by atoms with van der Waals surface area (Å²) in [6.07, 6.45) is 4.18. The van der Waals surface area contributed by atoms with Gasteiger partial charge in [-0.1, -0.05) is 29.8 Å². The fraction of sp³-hybridized carbons (Fsp3) is 0.517. The van der Waals surface area contributed by atoms with Crippen LogP contribution in [0, 0.1) is 5.92 Å². The molecule has 238 valence electrons. The normalized spacial score (nSPS) is 23.2. The maximum Gasteiger partial charge on any atom is 0.330 e. The van der Waals surface area contributed by atoms with Gasteiger partial charge in [0.15, 0.2) is 0 Å². The Balaban J connectivity index is 1.38. The summed E-state index contributed by atoms with van der Waals surface area (Å²) in [7, 11) is 6.59. The van der Waals surface area contributed by atoms with Crippen molar-refractivity contribution in [3.05, 3.63) is 40.5 Å². The molecule has 3 aliphatic rings. The number of hydrogen-bond acceptors (Lipinski definition) is 10. The number of likely N-dealkylation sites (tertiary alicyclic amines) is 2. The minimum Gasteiger partial charge on any atom is -0.495 e. The van der Waals surface area contributed by atoms with E-state index in [2.05, 4.69) is 39.1 Å². The quantitative estimate of drug-likeness (QED) is 0.348. The molecule has 0 bridgehead atoms. The van der Waals surface area contributed by atoms with Gasteiger partial charge in [-0.25, -0.2) is 9.78 Å². The van der Waals surface area contributed by atoms with Gasteiger partial charge in [0.05, 0.1) is 38.5 Å². The Kier molecular flexibility index (Phi) is 9.71. The molecular formula is C29H38Cl2N8O5. The van der Waals surface area contributed by atoms with Gasteiger partial charge in [0.2, 0.25) is 11.9 Å². The third kappa shape index (κ3) is 6.24. The lowest BCUT2D eigenvalue weighted by atomic mass is 9.96. The summed E-state index contributed by atoms with van der Waals surface area (Å²) >= 11 is 13.2. The highest BCUT2D eigenvalue weighted by molar-refractivity contribution is 6.42. The number of benzene rings is 1. The van der Waals surface area contributed by atoms with Crippen molar-refractivity contribution in [1.29, 1.82) is 0 Å². The van der Waals surface area contributed by atoms with Crippen molar-refractivity contribution in [1.82, 2.24) is 25.1 Å². The summed E-state index contributed by atoms with van der Waals surface area (Å²) in [4.78, 5) is 42.1. The van der Waals surface area contributed by atoms with Crippen LogP contribution in [0.15, 0.2) is 24.9 Å². The van der Waals surface area contributed by atoms with E-state index in [1.165, 1.54) is 30.1 Å². The fourth-order valence-corrected chi connectivity index (χ4v) is 6.87. The number of nitrogens with one attached hydrogen (secondary N) is 2. The van der Waals surface area contributed by atoms with Crippen LogP contribution in [0.5, 0.6) is 11.5 Å². The molecule has 3 aliphatic heterocycles. The molecule has 1 aromatic heterocycles. The third-order valence-electron chi connectivity index (χ3n) is 8.46. The topological polar surface area (TPSA) is 136 Å². The number of piperidine rings is 1. The molecule has 15 heteroatoms. The number of hydrogen-bond donors (Lipinski definition) is 3. The van der Waals surface area contributed by atoms with Crippen LogP contribution in [0.1, 0.15) is 18.4 Å². The predicted molar refractivity (Wildman–Crippen MR) is 169 cm³/mol. The van der Waals surface area contributed by atoms with Crippen LogP contribution in [0.4, 0.5) is 22.2 Å². The second-order valence-electron chi connectivity index (χ2n) is 11.3. The molecule has 4 heterocycles. The summed E-state index contributed by atoms with van der Waals surface area (Å²) in [6.45, 7) is 6.41. The van der Waals surface area contributed by atoms with Gasteiger partial charge in [0.25, 0.3) is 0 Å². The zero-order valence-corrected chi connectivity index (χ0v) is 26.7. The second-order valence-corrected chi connectivity index (χ2v) is 12.1. The van der Waals surface area contributed by atoms with Gasteiger partial charge in [-0.3, -0.25) is 19.5 Å². The van der Waals surface area contributed by atoms with Crippen LogP contribution in [-0.2, 0) is 11.3 Å². The number of fused-ring (bicyclic) bond motifs is 1. The number of halogens is 2. The molecular weight excluding hydrogens is 611 g/mol. The Hall–Kier alpha value is -3.36. The minimum absolute atomic E-state index is 0.103. The average molecular weight is 650 g/mol.